The first-order valence-electron chi connectivity index (χ1n) is 5.30. The molecule has 2 nitrogen and oxygen atoms in total. The lowest BCUT2D eigenvalue weighted by Crippen LogP contribution is -2.44. The molecule has 1 saturated carbocycles. The summed E-state index contributed by atoms with van der Waals surface area (Å²) in [6.07, 6.45) is 3.97. The fourth-order valence-electron chi connectivity index (χ4n) is 1.64. The van der Waals surface area contributed by atoms with Gasteiger partial charge in [0.25, 0.3) is 0 Å². The van der Waals surface area contributed by atoms with Gasteiger partial charge >= 0.3 is 0 Å². The van der Waals surface area contributed by atoms with E-state index in [0.29, 0.717) is 0 Å². The number of carbonyl (C=O) groups is 1. The largest absolute Gasteiger partial charge is 0.318 e. The van der Waals surface area contributed by atoms with Gasteiger partial charge in [0.1, 0.15) is 0 Å². The Morgan fingerprint density at radius 1 is 1.36 bits per heavy atom. The molecule has 0 radical (unpaired) electrons. The van der Waals surface area contributed by atoms with Crippen molar-refractivity contribution in [1.82, 2.24) is 0 Å². The molecule has 0 bridgehead atoms. The Hall–Kier alpha value is -0.0200. The third-order valence-corrected chi connectivity index (χ3v) is 4.22. The molecule has 0 saturated heterocycles. The van der Waals surface area contributed by atoms with Gasteiger partial charge in [-0.15, -0.1) is 0 Å². The van der Waals surface area contributed by atoms with Crippen molar-refractivity contribution in [2.45, 2.75) is 52.0 Å². The predicted octanol–water partition coefficient (Wildman–Crippen LogP) is 2.56. The van der Waals surface area contributed by atoms with Gasteiger partial charge < -0.3 is 5.73 Å². The molecular weight excluding hydrogens is 194 g/mol. The van der Waals surface area contributed by atoms with Crippen LogP contribution in [0.3, 0.4) is 0 Å². The highest BCUT2D eigenvalue weighted by molar-refractivity contribution is 8.13. The number of nitrogens with two attached hydrogens (primary N) is 1. The number of carbonyl (C=O) groups excluding carboxylic acids is 1. The van der Waals surface area contributed by atoms with Crippen LogP contribution >= 0.6 is 11.8 Å². The summed E-state index contributed by atoms with van der Waals surface area (Å²) in [7, 11) is 0. The standard InChI is InChI=1S/C11H21NOS/c1-10(2,3)8-14-9(13)11(12)6-4-5-7-11/h4-8,12H2,1-3H3. The van der Waals surface area contributed by atoms with Gasteiger partial charge in [-0.3, -0.25) is 4.79 Å². The van der Waals surface area contributed by atoms with Crippen LogP contribution < -0.4 is 5.73 Å². The molecule has 3 heteroatoms. The zero-order valence-electron chi connectivity index (χ0n) is 9.43. The smallest absolute Gasteiger partial charge is 0.208 e. The maximum atomic E-state index is 11.9. The summed E-state index contributed by atoms with van der Waals surface area (Å²) in [4.78, 5) is 11.9. The van der Waals surface area contributed by atoms with E-state index in [4.69, 9.17) is 5.73 Å². The Kier molecular flexibility index (Phi) is 3.64. The molecule has 0 spiro atoms. The average Bonchev–Trinajstić information content (AvgIpc) is 2.48. The SMILES string of the molecule is CC(C)(C)CSC(=O)C1(N)CCCC1. The molecule has 0 amide bonds. The highest BCUT2D eigenvalue weighted by atomic mass is 32.2. The first-order valence-corrected chi connectivity index (χ1v) is 6.28. The Balaban J connectivity index is 2.42. The van der Waals surface area contributed by atoms with Crippen LogP contribution in [0.1, 0.15) is 46.5 Å². The summed E-state index contributed by atoms with van der Waals surface area (Å²) in [6.45, 7) is 6.43. The van der Waals surface area contributed by atoms with Crippen LogP contribution in [0.5, 0.6) is 0 Å². The van der Waals surface area contributed by atoms with E-state index in [1.54, 1.807) is 0 Å². The molecule has 0 aromatic rings. The molecule has 14 heavy (non-hydrogen) atoms. The lowest BCUT2D eigenvalue weighted by molar-refractivity contribution is -0.115. The minimum atomic E-state index is -0.504. The van der Waals surface area contributed by atoms with Gasteiger partial charge in [-0.2, -0.15) is 0 Å². The lowest BCUT2D eigenvalue weighted by Gasteiger charge is -2.23. The maximum Gasteiger partial charge on any atom is 0.208 e. The molecule has 1 fully saturated rings. The van der Waals surface area contributed by atoms with E-state index in [9.17, 15) is 4.79 Å². The molecule has 0 aromatic heterocycles. The van der Waals surface area contributed by atoms with Crippen molar-refractivity contribution in [3.63, 3.8) is 0 Å². The van der Waals surface area contributed by atoms with E-state index in [1.807, 2.05) is 0 Å². The van der Waals surface area contributed by atoms with Gasteiger partial charge in [0.2, 0.25) is 5.12 Å². The van der Waals surface area contributed by atoms with Crippen LogP contribution in [-0.2, 0) is 4.79 Å². The molecular formula is C11H21NOS. The lowest BCUT2D eigenvalue weighted by atomic mass is 10.0. The average molecular weight is 215 g/mol. The van der Waals surface area contributed by atoms with Crippen molar-refractivity contribution in [1.29, 1.82) is 0 Å². The molecule has 0 heterocycles. The third kappa shape index (κ3) is 3.28. The zero-order chi connectivity index (χ0) is 10.8. The fraction of sp³-hybridized carbons (Fsp3) is 0.909. The Bertz CT molecular complexity index is 214. The maximum absolute atomic E-state index is 11.9. The normalized spacial score (nSPS) is 21.1. The summed E-state index contributed by atoms with van der Waals surface area (Å²) in [5, 5.41) is 0.199. The molecule has 1 aliphatic carbocycles. The second-order valence-electron chi connectivity index (χ2n) is 5.50. The monoisotopic (exact) mass is 215 g/mol. The summed E-state index contributed by atoms with van der Waals surface area (Å²) in [5.74, 6) is 0.866. The quantitative estimate of drug-likeness (QED) is 0.770. The minimum absolute atomic E-state index is 0.199. The Labute approximate surface area is 91.0 Å². The first-order chi connectivity index (χ1) is 6.33. The summed E-state index contributed by atoms with van der Waals surface area (Å²) < 4.78 is 0. The van der Waals surface area contributed by atoms with Crippen molar-refractivity contribution in [3.8, 4) is 0 Å². The van der Waals surface area contributed by atoms with Crippen LogP contribution in [-0.4, -0.2) is 16.4 Å². The number of thioether (sulfide) groups is 1. The fourth-order valence-corrected chi connectivity index (χ4v) is 2.69. The van der Waals surface area contributed by atoms with Crippen molar-refractivity contribution >= 4 is 16.9 Å². The van der Waals surface area contributed by atoms with Crippen LogP contribution in [0.25, 0.3) is 0 Å². The summed E-state index contributed by atoms with van der Waals surface area (Å²) >= 11 is 1.42. The molecule has 0 aromatic carbocycles. The van der Waals surface area contributed by atoms with E-state index in [2.05, 4.69) is 20.8 Å². The van der Waals surface area contributed by atoms with E-state index in [0.717, 1.165) is 31.4 Å². The molecule has 1 rings (SSSR count). The van der Waals surface area contributed by atoms with Crippen LogP contribution in [0.2, 0.25) is 0 Å². The topological polar surface area (TPSA) is 43.1 Å². The molecule has 0 unspecified atom stereocenters. The number of rotatable bonds is 2. The van der Waals surface area contributed by atoms with Gasteiger partial charge in [0.15, 0.2) is 0 Å². The second-order valence-corrected chi connectivity index (χ2v) is 6.45. The van der Waals surface area contributed by atoms with E-state index in [-0.39, 0.29) is 10.5 Å². The van der Waals surface area contributed by atoms with Crippen molar-refractivity contribution in [2.75, 3.05) is 5.75 Å². The zero-order valence-corrected chi connectivity index (χ0v) is 10.2. The van der Waals surface area contributed by atoms with Crippen molar-refractivity contribution in [2.24, 2.45) is 11.1 Å². The highest BCUT2D eigenvalue weighted by Gasteiger charge is 2.37. The second kappa shape index (κ2) is 4.23. The molecule has 82 valence electrons. The van der Waals surface area contributed by atoms with Crippen molar-refractivity contribution in [3.05, 3.63) is 0 Å². The first kappa shape index (κ1) is 12.1. The van der Waals surface area contributed by atoms with Gasteiger partial charge in [-0.1, -0.05) is 45.4 Å². The number of hydrogen-bond donors (Lipinski definition) is 1. The predicted molar refractivity (Wildman–Crippen MR) is 62.3 cm³/mol. The van der Waals surface area contributed by atoms with Crippen molar-refractivity contribution < 1.29 is 4.79 Å². The van der Waals surface area contributed by atoms with E-state index >= 15 is 0 Å². The molecule has 2 N–H and O–H groups in total. The highest BCUT2D eigenvalue weighted by Crippen LogP contribution is 2.33. The van der Waals surface area contributed by atoms with Gasteiger partial charge in [0.05, 0.1) is 5.54 Å². The van der Waals surface area contributed by atoms with E-state index in [1.165, 1.54) is 11.8 Å². The van der Waals surface area contributed by atoms with Gasteiger partial charge in [-0.25, -0.2) is 0 Å². The summed E-state index contributed by atoms with van der Waals surface area (Å²) in [5.41, 5.74) is 5.76. The summed E-state index contributed by atoms with van der Waals surface area (Å²) in [6, 6.07) is 0. The van der Waals surface area contributed by atoms with Gasteiger partial charge in [0, 0.05) is 5.75 Å². The number of hydrogen-bond acceptors (Lipinski definition) is 3. The molecule has 0 aliphatic heterocycles. The van der Waals surface area contributed by atoms with Crippen LogP contribution in [0, 0.1) is 5.41 Å². The Morgan fingerprint density at radius 3 is 2.29 bits per heavy atom. The Morgan fingerprint density at radius 2 is 1.86 bits per heavy atom. The van der Waals surface area contributed by atoms with Gasteiger partial charge in [-0.05, 0) is 18.3 Å². The third-order valence-electron chi connectivity index (χ3n) is 2.54. The van der Waals surface area contributed by atoms with Crippen LogP contribution in [0.4, 0.5) is 0 Å². The molecule has 1 aliphatic rings. The molecule has 0 atom stereocenters. The minimum Gasteiger partial charge on any atom is -0.318 e. The van der Waals surface area contributed by atoms with E-state index < -0.39 is 5.54 Å². The van der Waals surface area contributed by atoms with Crippen LogP contribution in [0.15, 0.2) is 0 Å².